The molecule has 1 aliphatic rings. The Morgan fingerprint density at radius 2 is 2.06 bits per heavy atom. The number of carbonyl (C=O) groups is 1. The molecule has 0 aromatic heterocycles. The summed E-state index contributed by atoms with van der Waals surface area (Å²) in [5.74, 6) is 0.554. The number of benzene rings is 1. The second-order valence-corrected chi connectivity index (χ2v) is 5.08. The zero-order valence-electron chi connectivity index (χ0n) is 11.0. The third-order valence-electron chi connectivity index (χ3n) is 2.98. The van der Waals surface area contributed by atoms with Gasteiger partial charge < -0.3 is 10.6 Å². The van der Waals surface area contributed by atoms with Crippen LogP contribution >= 0.6 is 12.4 Å². The van der Waals surface area contributed by atoms with Gasteiger partial charge in [-0.15, -0.1) is 12.4 Å². The lowest BCUT2D eigenvalue weighted by molar-refractivity contribution is -0.121. The van der Waals surface area contributed by atoms with Crippen LogP contribution in [0.3, 0.4) is 0 Å². The van der Waals surface area contributed by atoms with Crippen molar-refractivity contribution in [2.24, 2.45) is 5.92 Å². The van der Waals surface area contributed by atoms with E-state index in [-0.39, 0.29) is 18.3 Å². The minimum absolute atomic E-state index is 0. The summed E-state index contributed by atoms with van der Waals surface area (Å²) in [6, 6.07) is 6.44. The zero-order chi connectivity index (χ0) is 12.3. The van der Waals surface area contributed by atoms with Crippen molar-refractivity contribution in [3.05, 3.63) is 34.9 Å². The molecule has 2 N–H and O–H groups in total. The Morgan fingerprint density at radius 1 is 1.33 bits per heavy atom. The van der Waals surface area contributed by atoms with E-state index in [9.17, 15) is 4.79 Å². The predicted molar refractivity (Wildman–Crippen MR) is 75.5 cm³/mol. The molecule has 1 amide bonds. The first-order chi connectivity index (χ1) is 8.15. The summed E-state index contributed by atoms with van der Waals surface area (Å²) in [5.41, 5.74) is 3.92. The van der Waals surface area contributed by atoms with Gasteiger partial charge in [0.2, 0.25) is 5.91 Å². The van der Waals surface area contributed by atoms with Gasteiger partial charge in [-0.05, 0) is 22.6 Å². The van der Waals surface area contributed by atoms with Crippen molar-refractivity contribution in [2.75, 3.05) is 0 Å². The third-order valence-corrected chi connectivity index (χ3v) is 2.98. The highest BCUT2D eigenvalue weighted by Crippen LogP contribution is 2.16. The van der Waals surface area contributed by atoms with Gasteiger partial charge in [-0.2, -0.15) is 0 Å². The van der Waals surface area contributed by atoms with E-state index < -0.39 is 0 Å². The van der Waals surface area contributed by atoms with Crippen LogP contribution in [0.2, 0.25) is 0 Å². The molecule has 0 radical (unpaired) electrons. The average molecular weight is 269 g/mol. The molecule has 0 fully saturated rings. The number of hydrogen-bond acceptors (Lipinski definition) is 2. The van der Waals surface area contributed by atoms with E-state index >= 15 is 0 Å². The Bertz CT molecular complexity index is 418. The number of fused-ring (bicyclic) bond motifs is 1. The summed E-state index contributed by atoms with van der Waals surface area (Å²) in [4.78, 5) is 11.5. The number of rotatable bonds is 4. The van der Waals surface area contributed by atoms with Crippen molar-refractivity contribution in [3.8, 4) is 0 Å². The van der Waals surface area contributed by atoms with Crippen molar-refractivity contribution in [3.63, 3.8) is 0 Å². The molecular weight excluding hydrogens is 248 g/mol. The topological polar surface area (TPSA) is 41.1 Å². The van der Waals surface area contributed by atoms with Crippen LogP contribution in [0.15, 0.2) is 18.2 Å². The molecule has 3 nitrogen and oxygen atoms in total. The van der Waals surface area contributed by atoms with E-state index in [1.54, 1.807) is 0 Å². The summed E-state index contributed by atoms with van der Waals surface area (Å²) in [6.07, 6.45) is 0.604. The normalized spacial score (nSPS) is 13.1. The Labute approximate surface area is 115 Å². The highest BCUT2D eigenvalue weighted by atomic mass is 35.5. The minimum atomic E-state index is 0. The molecule has 0 bridgehead atoms. The first-order valence-electron chi connectivity index (χ1n) is 6.23. The molecule has 0 aliphatic carbocycles. The number of halogens is 1. The molecule has 1 aromatic carbocycles. The predicted octanol–water partition coefficient (Wildman–Crippen LogP) is 2.37. The maximum atomic E-state index is 11.5. The van der Waals surface area contributed by atoms with E-state index in [0.29, 0.717) is 18.9 Å². The van der Waals surface area contributed by atoms with Gasteiger partial charge in [0.15, 0.2) is 0 Å². The molecule has 2 rings (SSSR count). The lowest BCUT2D eigenvalue weighted by atomic mass is 10.1. The second-order valence-electron chi connectivity index (χ2n) is 5.08. The number of nitrogens with one attached hydrogen (secondary N) is 2. The van der Waals surface area contributed by atoms with Gasteiger partial charge in [-0.1, -0.05) is 32.0 Å². The maximum Gasteiger partial charge on any atom is 0.220 e. The van der Waals surface area contributed by atoms with Crippen LogP contribution in [0.4, 0.5) is 0 Å². The molecule has 0 atom stereocenters. The standard InChI is InChI=1S/C14H20N2O.ClH/c1-10(2)5-14(17)16-7-11-3-4-12-8-15-9-13(12)6-11;/h3-4,6,10,15H,5,7-9H2,1-2H3,(H,16,17);1H. The van der Waals surface area contributed by atoms with E-state index in [1.165, 1.54) is 16.7 Å². The van der Waals surface area contributed by atoms with Crippen LogP contribution in [0.25, 0.3) is 0 Å². The highest BCUT2D eigenvalue weighted by Gasteiger charge is 2.10. The fourth-order valence-corrected chi connectivity index (χ4v) is 2.10. The Hall–Kier alpha value is -1.06. The van der Waals surface area contributed by atoms with Gasteiger partial charge in [0.05, 0.1) is 0 Å². The van der Waals surface area contributed by atoms with Crippen LogP contribution in [0.5, 0.6) is 0 Å². The minimum Gasteiger partial charge on any atom is -0.352 e. The van der Waals surface area contributed by atoms with Crippen LogP contribution in [0, 0.1) is 5.92 Å². The van der Waals surface area contributed by atoms with Crippen LogP contribution in [0.1, 0.15) is 37.0 Å². The summed E-state index contributed by atoms with van der Waals surface area (Å²) < 4.78 is 0. The van der Waals surface area contributed by atoms with Gasteiger partial charge in [-0.3, -0.25) is 4.79 Å². The van der Waals surface area contributed by atoms with Crippen LogP contribution < -0.4 is 10.6 Å². The van der Waals surface area contributed by atoms with Gasteiger partial charge in [-0.25, -0.2) is 0 Å². The molecule has 1 aromatic rings. The van der Waals surface area contributed by atoms with Crippen molar-refractivity contribution in [2.45, 2.75) is 39.9 Å². The second kappa shape index (κ2) is 6.76. The van der Waals surface area contributed by atoms with Crippen LogP contribution in [-0.2, 0) is 24.4 Å². The average Bonchev–Trinajstić information content (AvgIpc) is 2.72. The Kier molecular flexibility index (Phi) is 5.63. The first kappa shape index (κ1) is 15.0. The van der Waals surface area contributed by atoms with Crippen molar-refractivity contribution < 1.29 is 4.79 Å². The van der Waals surface area contributed by atoms with E-state index in [0.717, 1.165) is 13.1 Å². The van der Waals surface area contributed by atoms with Gasteiger partial charge in [0, 0.05) is 26.1 Å². The van der Waals surface area contributed by atoms with Gasteiger partial charge >= 0.3 is 0 Å². The molecule has 0 spiro atoms. The van der Waals surface area contributed by atoms with E-state index in [2.05, 4.69) is 42.7 Å². The Morgan fingerprint density at radius 3 is 2.78 bits per heavy atom. The Balaban J connectivity index is 0.00000162. The quantitative estimate of drug-likeness (QED) is 0.880. The maximum absolute atomic E-state index is 11.5. The fourth-order valence-electron chi connectivity index (χ4n) is 2.10. The SMILES string of the molecule is CC(C)CC(=O)NCc1ccc2c(c1)CNC2.Cl. The smallest absolute Gasteiger partial charge is 0.220 e. The largest absolute Gasteiger partial charge is 0.352 e. The molecule has 1 heterocycles. The number of hydrogen-bond donors (Lipinski definition) is 2. The first-order valence-corrected chi connectivity index (χ1v) is 6.23. The molecular formula is C14H21ClN2O. The number of amides is 1. The third kappa shape index (κ3) is 4.00. The van der Waals surface area contributed by atoms with Crippen LogP contribution in [-0.4, -0.2) is 5.91 Å². The van der Waals surface area contributed by atoms with E-state index in [4.69, 9.17) is 0 Å². The van der Waals surface area contributed by atoms with Crippen molar-refractivity contribution in [1.82, 2.24) is 10.6 Å². The summed E-state index contributed by atoms with van der Waals surface area (Å²) in [6.45, 7) is 6.67. The van der Waals surface area contributed by atoms with E-state index in [1.807, 2.05) is 0 Å². The lowest BCUT2D eigenvalue weighted by Crippen LogP contribution is -2.23. The highest BCUT2D eigenvalue weighted by molar-refractivity contribution is 5.85. The molecule has 18 heavy (non-hydrogen) atoms. The molecule has 0 unspecified atom stereocenters. The molecule has 4 heteroatoms. The monoisotopic (exact) mass is 268 g/mol. The molecule has 1 aliphatic heterocycles. The lowest BCUT2D eigenvalue weighted by Gasteiger charge is -2.08. The molecule has 0 saturated carbocycles. The summed E-state index contributed by atoms with van der Waals surface area (Å²) >= 11 is 0. The fraction of sp³-hybridized carbons (Fsp3) is 0.500. The zero-order valence-corrected chi connectivity index (χ0v) is 11.8. The van der Waals surface area contributed by atoms with Gasteiger partial charge in [0.1, 0.15) is 0 Å². The van der Waals surface area contributed by atoms with Crippen molar-refractivity contribution >= 4 is 18.3 Å². The van der Waals surface area contributed by atoms with Crippen molar-refractivity contribution in [1.29, 1.82) is 0 Å². The summed E-state index contributed by atoms with van der Waals surface area (Å²) in [7, 11) is 0. The molecule has 100 valence electrons. The molecule has 0 saturated heterocycles. The number of carbonyl (C=O) groups excluding carboxylic acids is 1. The van der Waals surface area contributed by atoms with Gasteiger partial charge in [0.25, 0.3) is 0 Å². The summed E-state index contributed by atoms with van der Waals surface area (Å²) in [5, 5.41) is 6.28.